The van der Waals surface area contributed by atoms with Crippen molar-refractivity contribution in [2.45, 2.75) is 6.92 Å². The van der Waals surface area contributed by atoms with Gasteiger partial charge in [-0.1, -0.05) is 30.3 Å². The number of carbonyl (C=O) groups excluding carboxylic acids is 2. The van der Waals surface area contributed by atoms with Crippen molar-refractivity contribution < 1.29 is 9.59 Å². The highest BCUT2D eigenvalue weighted by molar-refractivity contribution is 5.99. The van der Waals surface area contributed by atoms with E-state index in [-0.39, 0.29) is 18.2 Å². The van der Waals surface area contributed by atoms with E-state index in [0.717, 1.165) is 16.6 Å². The molecule has 0 saturated heterocycles. The van der Waals surface area contributed by atoms with E-state index < -0.39 is 0 Å². The molecule has 5 heteroatoms. The minimum absolute atomic E-state index is 0.0361. The number of para-hydroxylation sites is 1. The molecule has 24 heavy (non-hydrogen) atoms. The molecule has 0 atom stereocenters. The lowest BCUT2D eigenvalue weighted by Crippen LogP contribution is -2.22. The van der Waals surface area contributed by atoms with Crippen LogP contribution in [0.25, 0.3) is 10.9 Å². The molecule has 0 aliphatic rings. The van der Waals surface area contributed by atoms with Gasteiger partial charge >= 0.3 is 0 Å². The van der Waals surface area contributed by atoms with E-state index >= 15 is 0 Å². The lowest BCUT2D eigenvalue weighted by Gasteiger charge is -2.10. The van der Waals surface area contributed by atoms with Gasteiger partial charge in [0.15, 0.2) is 5.78 Å². The van der Waals surface area contributed by atoms with Crippen LogP contribution in [0.5, 0.6) is 0 Å². The fourth-order valence-corrected chi connectivity index (χ4v) is 2.44. The molecule has 0 aliphatic heterocycles. The van der Waals surface area contributed by atoms with Crippen molar-refractivity contribution in [3.8, 4) is 0 Å². The number of Topliss-reactive ketones (excluding diaryl/α,β-unsaturated/α-hetero) is 1. The van der Waals surface area contributed by atoms with Crippen LogP contribution in [0.15, 0.2) is 60.8 Å². The third-order valence-corrected chi connectivity index (χ3v) is 3.62. The standard InChI is InChI=1S/C19H17N3O2/c1-13(23)15-6-2-8-16(11-15)22-18(24)12-21-17-9-3-5-14-7-4-10-20-19(14)17/h2-11,21H,12H2,1H3,(H,22,24). The molecule has 5 nitrogen and oxygen atoms in total. The quantitative estimate of drug-likeness (QED) is 0.706. The van der Waals surface area contributed by atoms with E-state index in [4.69, 9.17) is 0 Å². The number of benzene rings is 2. The van der Waals surface area contributed by atoms with Gasteiger partial charge in [0.1, 0.15) is 0 Å². The van der Waals surface area contributed by atoms with Gasteiger partial charge in [0.25, 0.3) is 0 Å². The van der Waals surface area contributed by atoms with Crippen molar-refractivity contribution in [1.82, 2.24) is 4.98 Å². The van der Waals surface area contributed by atoms with E-state index in [0.29, 0.717) is 11.3 Å². The number of nitrogens with zero attached hydrogens (tertiary/aromatic N) is 1. The Kier molecular flexibility index (Phi) is 4.52. The molecule has 0 aliphatic carbocycles. The number of amides is 1. The lowest BCUT2D eigenvalue weighted by molar-refractivity contribution is -0.114. The van der Waals surface area contributed by atoms with Crippen molar-refractivity contribution in [2.75, 3.05) is 17.2 Å². The monoisotopic (exact) mass is 319 g/mol. The Hall–Kier alpha value is -3.21. The molecular formula is C19H17N3O2. The number of fused-ring (bicyclic) bond motifs is 1. The zero-order chi connectivity index (χ0) is 16.9. The van der Waals surface area contributed by atoms with Crippen LogP contribution < -0.4 is 10.6 Å². The number of aromatic nitrogens is 1. The molecule has 0 unspecified atom stereocenters. The first kappa shape index (κ1) is 15.7. The third-order valence-electron chi connectivity index (χ3n) is 3.62. The second kappa shape index (κ2) is 6.91. The fourth-order valence-electron chi connectivity index (χ4n) is 2.44. The number of hydrogen-bond donors (Lipinski definition) is 2. The van der Waals surface area contributed by atoms with E-state index in [1.54, 1.807) is 30.5 Å². The van der Waals surface area contributed by atoms with Crippen molar-refractivity contribution in [1.29, 1.82) is 0 Å². The number of rotatable bonds is 5. The molecule has 1 amide bonds. The van der Waals surface area contributed by atoms with Gasteiger partial charge in [-0.15, -0.1) is 0 Å². The molecule has 3 aromatic rings. The van der Waals surface area contributed by atoms with Gasteiger partial charge in [-0.05, 0) is 31.2 Å². The third kappa shape index (κ3) is 3.57. The summed E-state index contributed by atoms with van der Waals surface area (Å²) in [6, 6.07) is 16.5. The van der Waals surface area contributed by atoms with Crippen molar-refractivity contribution in [3.05, 3.63) is 66.4 Å². The van der Waals surface area contributed by atoms with Crippen LogP contribution in [0.1, 0.15) is 17.3 Å². The molecule has 1 aromatic heterocycles. The molecule has 0 saturated carbocycles. The van der Waals surface area contributed by atoms with Gasteiger partial charge in [0.05, 0.1) is 17.7 Å². The number of carbonyl (C=O) groups is 2. The molecule has 0 fully saturated rings. The summed E-state index contributed by atoms with van der Waals surface area (Å²) in [5.74, 6) is -0.227. The Labute approximate surface area is 139 Å². The lowest BCUT2D eigenvalue weighted by atomic mass is 10.1. The number of pyridine rings is 1. The summed E-state index contributed by atoms with van der Waals surface area (Å²) in [7, 11) is 0. The zero-order valence-electron chi connectivity index (χ0n) is 13.2. The summed E-state index contributed by atoms with van der Waals surface area (Å²) in [5, 5.41) is 6.90. The van der Waals surface area contributed by atoms with Gasteiger partial charge in [0, 0.05) is 22.8 Å². The molecule has 1 heterocycles. The number of hydrogen-bond acceptors (Lipinski definition) is 4. The highest BCUT2D eigenvalue weighted by Gasteiger charge is 2.06. The zero-order valence-corrected chi connectivity index (χ0v) is 13.2. The first-order valence-electron chi connectivity index (χ1n) is 7.62. The van der Waals surface area contributed by atoms with Crippen LogP contribution in [0.3, 0.4) is 0 Å². The second-order valence-corrected chi connectivity index (χ2v) is 5.42. The van der Waals surface area contributed by atoms with Gasteiger partial charge < -0.3 is 10.6 Å². The smallest absolute Gasteiger partial charge is 0.243 e. The largest absolute Gasteiger partial charge is 0.374 e. The molecule has 0 bridgehead atoms. The van der Waals surface area contributed by atoms with Gasteiger partial charge in [-0.25, -0.2) is 0 Å². The van der Waals surface area contributed by atoms with Crippen LogP contribution in [-0.2, 0) is 4.79 Å². The van der Waals surface area contributed by atoms with Crippen LogP contribution in [0, 0.1) is 0 Å². The van der Waals surface area contributed by atoms with Crippen LogP contribution in [0.4, 0.5) is 11.4 Å². The average Bonchev–Trinajstić information content (AvgIpc) is 2.60. The summed E-state index contributed by atoms with van der Waals surface area (Å²) in [6.45, 7) is 1.61. The number of anilines is 2. The Morgan fingerprint density at radius 2 is 1.83 bits per heavy atom. The molecule has 120 valence electrons. The molecule has 3 rings (SSSR count). The van der Waals surface area contributed by atoms with E-state index in [9.17, 15) is 9.59 Å². The normalized spacial score (nSPS) is 10.4. The summed E-state index contributed by atoms with van der Waals surface area (Å²) in [5.41, 5.74) is 2.80. The summed E-state index contributed by atoms with van der Waals surface area (Å²) >= 11 is 0. The molecule has 0 spiro atoms. The first-order valence-corrected chi connectivity index (χ1v) is 7.62. The Bertz CT molecular complexity index is 901. The van der Waals surface area contributed by atoms with Gasteiger partial charge in [-0.2, -0.15) is 0 Å². The summed E-state index contributed by atoms with van der Waals surface area (Å²) < 4.78 is 0. The average molecular weight is 319 g/mol. The van der Waals surface area contributed by atoms with Gasteiger partial charge in [0.2, 0.25) is 5.91 Å². The molecule has 2 aromatic carbocycles. The number of nitrogens with one attached hydrogen (secondary N) is 2. The highest BCUT2D eigenvalue weighted by Crippen LogP contribution is 2.20. The predicted octanol–water partition coefficient (Wildman–Crippen LogP) is 3.49. The second-order valence-electron chi connectivity index (χ2n) is 5.42. The van der Waals surface area contributed by atoms with Crippen LogP contribution in [0.2, 0.25) is 0 Å². The maximum Gasteiger partial charge on any atom is 0.243 e. The van der Waals surface area contributed by atoms with Crippen LogP contribution >= 0.6 is 0 Å². The van der Waals surface area contributed by atoms with Crippen LogP contribution in [-0.4, -0.2) is 23.2 Å². The Morgan fingerprint density at radius 1 is 1.04 bits per heavy atom. The minimum Gasteiger partial charge on any atom is -0.374 e. The Morgan fingerprint density at radius 3 is 2.67 bits per heavy atom. The first-order chi connectivity index (χ1) is 11.6. The number of ketones is 1. The van der Waals surface area contributed by atoms with Gasteiger partial charge in [-0.3, -0.25) is 14.6 Å². The SMILES string of the molecule is CC(=O)c1cccc(NC(=O)CNc2cccc3cccnc23)c1. The molecule has 2 N–H and O–H groups in total. The predicted molar refractivity (Wildman–Crippen MR) is 95.3 cm³/mol. The summed E-state index contributed by atoms with van der Waals surface area (Å²) in [6.07, 6.45) is 1.72. The van der Waals surface area contributed by atoms with Crippen molar-refractivity contribution in [3.63, 3.8) is 0 Å². The topological polar surface area (TPSA) is 71.1 Å². The maximum atomic E-state index is 12.1. The van der Waals surface area contributed by atoms with Crippen molar-refractivity contribution in [2.24, 2.45) is 0 Å². The highest BCUT2D eigenvalue weighted by atomic mass is 16.2. The van der Waals surface area contributed by atoms with E-state index in [1.165, 1.54) is 6.92 Å². The maximum absolute atomic E-state index is 12.1. The fraction of sp³-hybridized carbons (Fsp3) is 0.105. The van der Waals surface area contributed by atoms with E-state index in [1.807, 2.05) is 30.3 Å². The molecule has 0 radical (unpaired) electrons. The Balaban J connectivity index is 1.67. The summed E-state index contributed by atoms with van der Waals surface area (Å²) in [4.78, 5) is 27.9. The molecular weight excluding hydrogens is 302 g/mol. The minimum atomic E-state index is -0.191. The van der Waals surface area contributed by atoms with E-state index in [2.05, 4.69) is 15.6 Å². The van der Waals surface area contributed by atoms with Crippen molar-refractivity contribution >= 4 is 34.0 Å².